The van der Waals surface area contributed by atoms with Crippen LogP contribution in [0.25, 0.3) is 0 Å². The van der Waals surface area contributed by atoms with Gasteiger partial charge in [0.2, 0.25) is 0 Å². The Bertz CT molecular complexity index is 691. The minimum Gasteiger partial charge on any atom is -0.494 e. The Balaban J connectivity index is 1.87. The highest BCUT2D eigenvalue weighted by atomic mass is 79.9. The molecule has 0 saturated carbocycles. The van der Waals surface area contributed by atoms with Crippen LogP contribution in [0.4, 0.5) is 0 Å². The van der Waals surface area contributed by atoms with Gasteiger partial charge in [-0.2, -0.15) is 0 Å². The molecular weight excluding hydrogens is 394 g/mol. The van der Waals surface area contributed by atoms with E-state index in [1.54, 1.807) is 18.2 Å². The molecule has 0 radical (unpaired) electrons. The molecule has 2 rings (SSSR count). The highest BCUT2D eigenvalue weighted by Crippen LogP contribution is 2.27. The van der Waals surface area contributed by atoms with Gasteiger partial charge < -0.3 is 14.8 Å². The largest absolute Gasteiger partial charge is 0.494 e. The Morgan fingerprint density at radius 3 is 2.54 bits per heavy atom. The maximum atomic E-state index is 12.0. The van der Waals surface area contributed by atoms with E-state index in [1.165, 1.54) is 0 Å². The number of benzene rings is 2. The van der Waals surface area contributed by atoms with E-state index in [2.05, 4.69) is 21.2 Å². The van der Waals surface area contributed by atoms with Crippen molar-refractivity contribution in [2.75, 3.05) is 13.2 Å². The first-order valence-corrected chi connectivity index (χ1v) is 8.76. The van der Waals surface area contributed by atoms with Crippen LogP contribution in [0.15, 0.2) is 46.9 Å². The number of halogens is 2. The number of hydrogen-bond donors (Lipinski definition) is 1. The second kappa shape index (κ2) is 8.94. The molecule has 1 amide bonds. The van der Waals surface area contributed by atoms with E-state index in [1.807, 2.05) is 38.1 Å². The zero-order valence-electron chi connectivity index (χ0n) is 13.5. The lowest BCUT2D eigenvalue weighted by Crippen LogP contribution is -2.31. The van der Waals surface area contributed by atoms with Gasteiger partial charge in [0.1, 0.15) is 11.5 Å². The van der Waals surface area contributed by atoms with Gasteiger partial charge in [0.15, 0.2) is 6.61 Å². The quantitative estimate of drug-likeness (QED) is 0.713. The molecule has 0 bridgehead atoms. The Morgan fingerprint density at radius 2 is 1.92 bits per heavy atom. The fraction of sp³-hybridized carbons (Fsp3) is 0.278. The molecule has 0 aliphatic heterocycles. The van der Waals surface area contributed by atoms with Gasteiger partial charge in [-0.15, -0.1) is 0 Å². The molecule has 1 N–H and O–H groups in total. The summed E-state index contributed by atoms with van der Waals surface area (Å²) >= 11 is 9.22. The van der Waals surface area contributed by atoms with Crippen molar-refractivity contribution in [2.45, 2.75) is 19.9 Å². The Morgan fingerprint density at radius 1 is 1.21 bits per heavy atom. The normalized spacial score (nSPS) is 11.7. The van der Waals surface area contributed by atoms with Crippen LogP contribution in [0.1, 0.15) is 25.5 Å². The third-order valence-electron chi connectivity index (χ3n) is 3.32. The zero-order chi connectivity index (χ0) is 17.5. The second-order valence-corrected chi connectivity index (χ2v) is 6.45. The van der Waals surface area contributed by atoms with E-state index in [0.29, 0.717) is 21.9 Å². The monoisotopic (exact) mass is 411 g/mol. The van der Waals surface area contributed by atoms with Crippen LogP contribution in [-0.4, -0.2) is 19.1 Å². The highest BCUT2D eigenvalue weighted by Gasteiger charge is 2.11. The molecule has 0 unspecified atom stereocenters. The van der Waals surface area contributed by atoms with Gasteiger partial charge in [0.05, 0.1) is 17.1 Å². The molecule has 4 nitrogen and oxygen atoms in total. The summed E-state index contributed by atoms with van der Waals surface area (Å²) in [4.78, 5) is 12.0. The molecule has 128 valence electrons. The van der Waals surface area contributed by atoms with Crippen LogP contribution >= 0.6 is 27.5 Å². The number of nitrogens with one attached hydrogen (secondary N) is 1. The van der Waals surface area contributed by atoms with Crippen molar-refractivity contribution in [1.82, 2.24) is 5.32 Å². The number of rotatable bonds is 7. The molecule has 0 aliphatic carbocycles. The lowest BCUT2D eigenvalue weighted by molar-refractivity contribution is -0.123. The maximum Gasteiger partial charge on any atom is 0.258 e. The van der Waals surface area contributed by atoms with E-state index in [-0.39, 0.29) is 18.6 Å². The third-order valence-corrected chi connectivity index (χ3v) is 4.18. The molecule has 0 saturated heterocycles. The molecule has 2 aromatic rings. The third kappa shape index (κ3) is 5.42. The minimum absolute atomic E-state index is 0.0679. The zero-order valence-corrected chi connectivity index (χ0v) is 15.9. The van der Waals surface area contributed by atoms with Crippen LogP contribution in [-0.2, 0) is 4.79 Å². The predicted molar refractivity (Wildman–Crippen MR) is 98.8 cm³/mol. The van der Waals surface area contributed by atoms with Gasteiger partial charge in [0.25, 0.3) is 5.91 Å². The lowest BCUT2D eigenvalue weighted by Gasteiger charge is -2.15. The van der Waals surface area contributed by atoms with E-state index in [9.17, 15) is 4.79 Å². The highest BCUT2D eigenvalue weighted by molar-refractivity contribution is 9.10. The standard InChI is InChI=1S/C18H19BrClNO3/c1-3-23-15-7-4-13(5-8-15)12(2)21-18(22)11-24-17-9-6-14(20)10-16(17)19/h4-10,12H,3,11H2,1-2H3,(H,21,22)/t12-/m0/s1. The van der Waals surface area contributed by atoms with Crippen LogP contribution in [0, 0.1) is 0 Å². The van der Waals surface area contributed by atoms with Crippen molar-refractivity contribution in [2.24, 2.45) is 0 Å². The average Bonchev–Trinajstić information content (AvgIpc) is 2.55. The summed E-state index contributed by atoms with van der Waals surface area (Å²) in [5.74, 6) is 1.19. The number of carbonyl (C=O) groups is 1. The molecule has 0 aromatic heterocycles. The fourth-order valence-electron chi connectivity index (χ4n) is 2.12. The summed E-state index contributed by atoms with van der Waals surface area (Å²) in [5, 5.41) is 3.50. The molecule has 0 fully saturated rings. The van der Waals surface area contributed by atoms with Crippen LogP contribution in [0.5, 0.6) is 11.5 Å². The first kappa shape index (κ1) is 18.6. The SMILES string of the molecule is CCOc1ccc([C@H](C)NC(=O)COc2ccc(Cl)cc2Br)cc1. The van der Waals surface area contributed by atoms with Gasteiger partial charge in [-0.3, -0.25) is 4.79 Å². The first-order chi connectivity index (χ1) is 11.5. The summed E-state index contributed by atoms with van der Waals surface area (Å²) in [7, 11) is 0. The van der Waals surface area contributed by atoms with E-state index in [4.69, 9.17) is 21.1 Å². The number of hydrogen-bond acceptors (Lipinski definition) is 3. The van der Waals surface area contributed by atoms with E-state index < -0.39 is 0 Å². The number of ether oxygens (including phenoxy) is 2. The molecule has 2 aromatic carbocycles. The van der Waals surface area contributed by atoms with Gasteiger partial charge >= 0.3 is 0 Å². The average molecular weight is 413 g/mol. The molecule has 6 heteroatoms. The van der Waals surface area contributed by atoms with Gasteiger partial charge in [-0.1, -0.05) is 23.7 Å². The summed E-state index contributed by atoms with van der Waals surface area (Å²) in [5.41, 5.74) is 1.000. The smallest absolute Gasteiger partial charge is 0.258 e. The van der Waals surface area contributed by atoms with E-state index >= 15 is 0 Å². The van der Waals surface area contributed by atoms with Gasteiger partial charge in [0, 0.05) is 5.02 Å². The number of carbonyl (C=O) groups excluding carboxylic acids is 1. The van der Waals surface area contributed by atoms with Crippen LogP contribution < -0.4 is 14.8 Å². The summed E-state index contributed by atoms with van der Waals surface area (Å²) in [6, 6.07) is 12.7. The van der Waals surface area contributed by atoms with E-state index in [0.717, 1.165) is 11.3 Å². The lowest BCUT2D eigenvalue weighted by atomic mass is 10.1. The van der Waals surface area contributed by atoms with Crippen molar-refractivity contribution >= 4 is 33.4 Å². The molecule has 1 atom stereocenters. The Labute approximate surface area is 155 Å². The number of amides is 1. The van der Waals surface area contributed by atoms with Crippen molar-refractivity contribution < 1.29 is 14.3 Å². The van der Waals surface area contributed by atoms with Crippen molar-refractivity contribution in [1.29, 1.82) is 0 Å². The fourth-order valence-corrected chi connectivity index (χ4v) is 2.92. The first-order valence-electron chi connectivity index (χ1n) is 7.59. The van der Waals surface area contributed by atoms with Gasteiger partial charge in [-0.25, -0.2) is 0 Å². The summed E-state index contributed by atoms with van der Waals surface area (Å²) in [6.45, 7) is 4.42. The minimum atomic E-state index is -0.196. The summed E-state index contributed by atoms with van der Waals surface area (Å²) in [6.07, 6.45) is 0. The Hall–Kier alpha value is -1.72. The molecule has 0 spiro atoms. The van der Waals surface area contributed by atoms with Crippen LogP contribution in [0.2, 0.25) is 5.02 Å². The molecule has 24 heavy (non-hydrogen) atoms. The van der Waals surface area contributed by atoms with Gasteiger partial charge in [-0.05, 0) is 65.7 Å². The van der Waals surface area contributed by atoms with Crippen LogP contribution in [0.3, 0.4) is 0 Å². The molecular formula is C18H19BrClNO3. The summed E-state index contributed by atoms with van der Waals surface area (Å²) < 4.78 is 11.6. The molecule has 0 heterocycles. The predicted octanol–water partition coefficient (Wildman–Crippen LogP) is 4.76. The molecule has 0 aliphatic rings. The Kier molecular flexibility index (Phi) is 6.94. The van der Waals surface area contributed by atoms with Crippen molar-refractivity contribution in [3.63, 3.8) is 0 Å². The second-order valence-electron chi connectivity index (χ2n) is 5.15. The topological polar surface area (TPSA) is 47.6 Å². The van der Waals surface area contributed by atoms with Crippen molar-refractivity contribution in [3.8, 4) is 11.5 Å². The maximum absolute atomic E-state index is 12.0. The van der Waals surface area contributed by atoms with Crippen molar-refractivity contribution in [3.05, 3.63) is 57.5 Å².